The summed E-state index contributed by atoms with van der Waals surface area (Å²) in [5, 5.41) is 0. The molecule has 0 bridgehead atoms. The first kappa shape index (κ1) is 10.4. The molecule has 0 saturated carbocycles. The number of piperidine rings is 1. The van der Waals surface area contributed by atoms with Crippen molar-refractivity contribution in [3.8, 4) is 0 Å². The molecule has 2 heteroatoms. The van der Waals surface area contributed by atoms with Gasteiger partial charge in [-0.3, -0.25) is 0 Å². The summed E-state index contributed by atoms with van der Waals surface area (Å²) in [6.07, 6.45) is 1.04. The van der Waals surface area contributed by atoms with Gasteiger partial charge in [-0.2, -0.15) is 0 Å². The third kappa shape index (κ3) is 2.85. The molecular weight excluding hydrogens is 141 g/mol. The highest BCUT2D eigenvalue weighted by atomic mass is 19.0. The zero-order valence-corrected chi connectivity index (χ0v) is 7.36. The molecule has 0 radical (unpaired) electrons. The van der Waals surface area contributed by atoms with Crippen molar-refractivity contribution in [1.82, 2.24) is 0 Å². The molecule has 64 valence electrons. The van der Waals surface area contributed by atoms with Crippen LogP contribution in [0.1, 0.15) is 6.42 Å². The fourth-order valence-corrected chi connectivity index (χ4v) is 1.73. The Morgan fingerprint density at radius 1 is 1.09 bits per heavy atom. The summed E-state index contributed by atoms with van der Waals surface area (Å²) in [6.45, 7) is 10.2. The molecule has 0 unspecified atom stereocenters. The molecule has 1 aliphatic heterocycles. The average molecular weight is 157 g/mol. The van der Waals surface area contributed by atoms with Gasteiger partial charge in [0.2, 0.25) is 0 Å². The zero-order valence-electron chi connectivity index (χ0n) is 7.36. The SMILES string of the molecule is C=C1CC(=C)C[N+](C)(C)C1.[F-]. The van der Waals surface area contributed by atoms with Crippen LogP contribution in [0.3, 0.4) is 0 Å². The fraction of sp³-hybridized carbons (Fsp3) is 0.556. The van der Waals surface area contributed by atoms with Crippen molar-refractivity contribution in [2.24, 2.45) is 0 Å². The second-order valence-electron chi connectivity index (χ2n) is 3.93. The monoisotopic (exact) mass is 157 g/mol. The van der Waals surface area contributed by atoms with Crippen molar-refractivity contribution < 1.29 is 9.19 Å². The normalized spacial score (nSPS) is 22.7. The second-order valence-corrected chi connectivity index (χ2v) is 3.93. The standard InChI is InChI=1S/C9H16N.FH/c1-8-5-9(2)7-10(3,4)6-8;/h1-2,5-7H2,3-4H3;1H/q+1;/p-1. The van der Waals surface area contributed by atoms with Crippen LogP contribution < -0.4 is 4.70 Å². The molecule has 0 aromatic rings. The van der Waals surface area contributed by atoms with Crippen LogP contribution in [0.2, 0.25) is 0 Å². The van der Waals surface area contributed by atoms with Gasteiger partial charge < -0.3 is 9.19 Å². The molecule has 1 saturated heterocycles. The van der Waals surface area contributed by atoms with Gasteiger partial charge in [-0.1, -0.05) is 13.2 Å². The molecule has 1 rings (SSSR count). The lowest BCUT2D eigenvalue weighted by atomic mass is 10.0. The number of halogens is 1. The molecule has 0 aliphatic carbocycles. The van der Waals surface area contributed by atoms with E-state index in [9.17, 15) is 0 Å². The number of hydrogen-bond acceptors (Lipinski definition) is 0. The van der Waals surface area contributed by atoms with E-state index in [4.69, 9.17) is 0 Å². The minimum atomic E-state index is 0. The first-order valence-corrected chi connectivity index (χ1v) is 3.65. The van der Waals surface area contributed by atoms with Crippen molar-refractivity contribution in [2.75, 3.05) is 27.2 Å². The largest absolute Gasteiger partial charge is 1.00 e. The van der Waals surface area contributed by atoms with Gasteiger partial charge >= 0.3 is 0 Å². The maximum atomic E-state index is 3.98. The molecule has 11 heavy (non-hydrogen) atoms. The number of nitrogens with zero attached hydrogens (tertiary/aromatic N) is 1. The van der Waals surface area contributed by atoms with Crippen molar-refractivity contribution in [3.63, 3.8) is 0 Å². The third-order valence-electron chi connectivity index (χ3n) is 1.80. The molecule has 0 atom stereocenters. The minimum Gasteiger partial charge on any atom is -1.00 e. The lowest BCUT2D eigenvalue weighted by molar-refractivity contribution is -0.883. The number of hydrogen-bond donors (Lipinski definition) is 0. The molecule has 1 heterocycles. The van der Waals surface area contributed by atoms with Crippen LogP contribution >= 0.6 is 0 Å². The number of likely N-dealkylation sites (N-methyl/N-ethyl adjacent to an activating group) is 1. The Morgan fingerprint density at radius 2 is 1.45 bits per heavy atom. The van der Waals surface area contributed by atoms with Crippen molar-refractivity contribution >= 4 is 0 Å². The summed E-state index contributed by atoms with van der Waals surface area (Å²) in [5.41, 5.74) is 2.64. The predicted molar refractivity (Wildman–Crippen MR) is 44.7 cm³/mol. The molecule has 0 amide bonds. The Morgan fingerprint density at radius 3 is 1.73 bits per heavy atom. The topological polar surface area (TPSA) is 0 Å². The summed E-state index contributed by atoms with van der Waals surface area (Å²) in [6, 6.07) is 0. The maximum absolute atomic E-state index is 3.98. The van der Waals surface area contributed by atoms with E-state index in [1.165, 1.54) is 11.1 Å². The van der Waals surface area contributed by atoms with E-state index in [0.29, 0.717) is 0 Å². The Balaban J connectivity index is 0.000001000. The van der Waals surface area contributed by atoms with Gasteiger partial charge in [-0.25, -0.2) is 0 Å². The maximum Gasteiger partial charge on any atom is 0.100 e. The molecule has 1 aliphatic rings. The Hall–Kier alpha value is -0.630. The van der Waals surface area contributed by atoms with Crippen molar-refractivity contribution in [2.45, 2.75) is 6.42 Å². The molecule has 0 aromatic heterocycles. The van der Waals surface area contributed by atoms with Gasteiger partial charge in [0.25, 0.3) is 0 Å². The third-order valence-corrected chi connectivity index (χ3v) is 1.80. The smallest absolute Gasteiger partial charge is 0.100 e. The Bertz CT molecular complexity index is 164. The lowest BCUT2D eigenvalue weighted by Gasteiger charge is -2.35. The molecule has 0 N–H and O–H groups in total. The predicted octanol–water partition coefficient (Wildman–Crippen LogP) is -1.42. The summed E-state index contributed by atoms with van der Waals surface area (Å²) in [4.78, 5) is 0. The molecule has 0 spiro atoms. The fourth-order valence-electron chi connectivity index (χ4n) is 1.73. The van der Waals surface area contributed by atoms with E-state index < -0.39 is 0 Å². The molecule has 1 fully saturated rings. The van der Waals surface area contributed by atoms with Crippen LogP contribution in [-0.4, -0.2) is 31.7 Å². The van der Waals surface area contributed by atoms with Gasteiger partial charge in [-0.15, -0.1) is 0 Å². The van der Waals surface area contributed by atoms with Crippen molar-refractivity contribution in [1.29, 1.82) is 0 Å². The Kier molecular flexibility index (Phi) is 3.00. The van der Waals surface area contributed by atoms with E-state index in [0.717, 1.165) is 24.0 Å². The van der Waals surface area contributed by atoms with Gasteiger partial charge in [0.15, 0.2) is 0 Å². The lowest BCUT2D eigenvalue weighted by Crippen LogP contribution is -3.00. The van der Waals surface area contributed by atoms with Gasteiger partial charge in [0, 0.05) is 0 Å². The molecule has 1 nitrogen and oxygen atoms in total. The summed E-state index contributed by atoms with van der Waals surface area (Å²) in [7, 11) is 4.44. The quantitative estimate of drug-likeness (QED) is 0.299. The first-order valence-electron chi connectivity index (χ1n) is 3.65. The highest BCUT2D eigenvalue weighted by Crippen LogP contribution is 2.20. The minimum absolute atomic E-state index is 0. The first-order chi connectivity index (χ1) is 4.49. The number of quaternary nitrogens is 1. The van der Waals surface area contributed by atoms with Gasteiger partial charge in [0.1, 0.15) is 13.1 Å². The van der Waals surface area contributed by atoms with E-state index in [2.05, 4.69) is 27.3 Å². The summed E-state index contributed by atoms with van der Waals surface area (Å²) < 4.78 is 1.03. The molecular formula is C9H16FN. The van der Waals surface area contributed by atoms with Crippen LogP contribution in [0.15, 0.2) is 24.3 Å². The van der Waals surface area contributed by atoms with E-state index >= 15 is 0 Å². The van der Waals surface area contributed by atoms with E-state index in [1.54, 1.807) is 0 Å². The second kappa shape index (κ2) is 3.18. The highest BCUT2D eigenvalue weighted by molar-refractivity contribution is 5.13. The highest BCUT2D eigenvalue weighted by Gasteiger charge is 2.23. The van der Waals surface area contributed by atoms with Gasteiger partial charge in [-0.05, 0) is 17.6 Å². The summed E-state index contributed by atoms with van der Waals surface area (Å²) >= 11 is 0. The van der Waals surface area contributed by atoms with Gasteiger partial charge in [0.05, 0.1) is 14.1 Å². The van der Waals surface area contributed by atoms with Crippen LogP contribution in [0.4, 0.5) is 0 Å². The zero-order chi connectivity index (χ0) is 7.78. The van der Waals surface area contributed by atoms with E-state index in [1.807, 2.05) is 0 Å². The van der Waals surface area contributed by atoms with Crippen LogP contribution in [0, 0.1) is 0 Å². The average Bonchev–Trinajstić information content (AvgIpc) is 1.54. The van der Waals surface area contributed by atoms with Crippen LogP contribution in [0.25, 0.3) is 0 Å². The van der Waals surface area contributed by atoms with Crippen LogP contribution in [0.5, 0.6) is 0 Å². The number of rotatable bonds is 0. The summed E-state index contributed by atoms with van der Waals surface area (Å²) in [5.74, 6) is 0. The molecule has 0 aromatic carbocycles. The number of likely N-dealkylation sites (tertiary alicyclic amines) is 1. The Labute approximate surface area is 68.0 Å². The van der Waals surface area contributed by atoms with E-state index in [-0.39, 0.29) is 4.70 Å². The van der Waals surface area contributed by atoms with Crippen molar-refractivity contribution in [3.05, 3.63) is 24.3 Å². The van der Waals surface area contributed by atoms with Crippen LogP contribution in [-0.2, 0) is 0 Å².